The van der Waals surface area contributed by atoms with Crippen LogP contribution in [0.5, 0.6) is 5.75 Å². The Morgan fingerprint density at radius 2 is 2.10 bits per heavy atom. The van der Waals surface area contributed by atoms with Gasteiger partial charge in [0.2, 0.25) is 0 Å². The molecule has 2 heterocycles. The summed E-state index contributed by atoms with van der Waals surface area (Å²) in [4.78, 5) is 7.95. The van der Waals surface area contributed by atoms with E-state index in [9.17, 15) is 0 Å². The van der Waals surface area contributed by atoms with Crippen LogP contribution >= 0.6 is 0 Å². The van der Waals surface area contributed by atoms with Crippen LogP contribution in [0.4, 0.5) is 0 Å². The number of nitrogens with one attached hydrogen (secondary N) is 2. The number of aromatic amines is 1. The molecule has 1 atom stereocenters. The van der Waals surface area contributed by atoms with Gasteiger partial charge in [0, 0.05) is 6.42 Å². The normalized spacial score (nSPS) is 18.3. The standard InChI is InChI=1S/C17H23N3O/c1-12(2)21-15-5-3-14(4-6-15)16-11-19-17(20-16)9-13-7-8-18-10-13/h3-6,11-13,18H,7-10H2,1-2H3,(H,19,20). The SMILES string of the molecule is CC(C)Oc1ccc(-c2cnc(CC3CCNC3)[nH]2)cc1. The fourth-order valence-corrected chi connectivity index (χ4v) is 2.76. The predicted molar refractivity (Wildman–Crippen MR) is 84.5 cm³/mol. The minimum Gasteiger partial charge on any atom is -0.491 e. The van der Waals surface area contributed by atoms with E-state index in [1.54, 1.807) is 0 Å². The Labute approximate surface area is 125 Å². The zero-order valence-corrected chi connectivity index (χ0v) is 12.7. The molecule has 3 rings (SSSR count). The Morgan fingerprint density at radius 3 is 2.76 bits per heavy atom. The van der Waals surface area contributed by atoms with Crippen LogP contribution in [-0.4, -0.2) is 29.2 Å². The lowest BCUT2D eigenvalue weighted by molar-refractivity contribution is 0.242. The van der Waals surface area contributed by atoms with Crippen molar-refractivity contribution in [3.8, 4) is 17.0 Å². The topological polar surface area (TPSA) is 49.9 Å². The Balaban J connectivity index is 1.67. The van der Waals surface area contributed by atoms with Gasteiger partial charge in [0.1, 0.15) is 11.6 Å². The zero-order chi connectivity index (χ0) is 14.7. The first kappa shape index (κ1) is 14.1. The summed E-state index contributed by atoms with van der Waals surface area (Å²) in [6.07, 6.45) is 4.41. The van der Waals surface area contributed by atoms with Crippen LogP contribution in [0.2, 0.25) is 0 Å². The number of imidazole rings is 1. The van der Waals surface area contributed by atoms with Gasteiger partial charge < -0.3 is 15.0 Å². The third kappa shape index (κ3) is 3.64. The number of H-pyrrole nitrogens is 1. The first-order valence-electron chi connectivity index (χ1n) is 7.72. The molecule has 1 aliphatic heterocycles. The molecule has 2 N–H and O–H groups in total. The molecule has 112 valence electrons. The highest BCUT2D eigenvalue weighted by atomic mass is 16.5. The van der Waals surface area contributed by atoms with Crippen molar-refractivity contribution in [2.75, 3.05) is 13.1 Å². The fraction of sp³-hybridized carbons (Fsp3) is 0.471. The Bertz CT molecular complexity index is 568. The van der Waals surface area contributed by atoms with Crippen molar-refractivity contribution in [2.45, 2.75) is 32.8 Å². The second-order valence-corrected chi connectivity index (χ2v) is 6.00. The third-order valence-corrected chi connectivity index (χ3v) is 3.81. The maximum atomic E-state index is 5.67. The van der Waals surface area contributed by atoms with E-state index in [4.69, 9.17) is 4.74 Å². The minimum atomic E-state index is 0.203. The highest BCUT2D eigenvalue weighted by Gasteiger charge is 2.16. The Kier molecular flexibility index (Phi) is 4.25. The molecule has 1 aliphatic rings. The average Bonchev–Trinajstić information content (AvgIpc) is 3.11. The molecule has 1 unspecified atom stereocenters. The number of ether oxygens (including phenoxy) is 1. The van der Waals surface area contributed by atoms with Crippen molar-refractivity contribution in [3.05, 3.63) is 36.3 Å². The quantitative estimate of drug-likeness (QED) is 0.888. The molecular weight excluding hydrogens is 262 g/mol. The first-order valence-corrected chi connectivity index (χ1v) is 7.72. The predicted octanol–water partition coefficient (Wildman–Crippen LogP) is 3.02. The van der Waals surface area contributed by atoms with Crippen LogP contribution in [0.15, 0.2) is 30.5 Å². The van der Waals surface area contributed by atoms with Gasteiger partial charge in [-0.1, -0.05) is 0 Å². The van der Waals surface area contributed by atoms with Crippen LogP contribution < -0.4 is 10.1 Å². The van der Waals surface area contributed by atoms with Crippen molar-refractivity contribution < 1.29 is 4.74 Å². The zero-order valence-electron chi connectivity index (χ0n) is 12.7. The molecule has 1 aromatic carbocycles. The molecule has 4 nitrogen and oxygen atoms in total. The number of rotatable bonds is 5. The van der Waals surface area contributed by atoms with Crippen molar-refractivity contribution in [3.63, 3.8) is 0 Å². The van der Waals surface area contributed by atoms with E-state index in [-0.39, 0.29) is 6.10 Å². The van der Waals surface area contributed by atoms with Gasteiger partial charge in [-0.3, -0.25) is 0 Å². The van der Waals surface area contributed by atoms with Crippen molar-refractivity contribution >= 4 is 0 Å². The second-order valence-electron chi connectivity index (χ2n) is 6.00. The number of aromatic nitrogens is 2. The summed E-state index contributed by atoms with van der Waals surface area (Å²) in [7, 11) is 0. The van der Waals surface area contributed by atoms with Crippen LogP contribution in [0.1, 0.15) is 26.1 Å². The number of benzene rings is 1. The van der Waals surface area contributed by atoms with E-state index >= 15 is 0 Å². The highest BCUT2D eigenvalue weighted by Crippen LogP contribution is 2.22. The first-order chi connectivity index (χ1) is 10.2. The van der Waals surface area contributed by atoms with Crippen LogP contribution in [0.3, 0.4) is 0 Å². The maximum absolute atomic E-state index is 5.67. The van der Waals surface area contributed by atoms with E-state index < -0.39 is 0 Å². The van der Waals surface area contributed by atoms with Crippen molar-refractivity contribution in [1.82, 2.24) is 15.3 Å². The molecule has 0 amide bonds. The Hall–Kier alpha value is -1.81. The molecule has 0 aliphatic carbocycles. The van der Waals surface area contributed by atoms with E-state index in [0.717, 1.165) is 42.3 Å². The van der Waals surface area contributed by atoms with Gasteiger partial charge in [-0.2, -0.15) is 0 Å². The number of nitrogens with zero attached hydrogens (tertiary/aromatic N) is 1. The molecule has 2 aromatic rings. The van der Waals surface area contributed by atoms with Gasteiger partial charge in [0.05, 0.1) is 18.0 Å². The van der Waals surface area contributed by atoms with E-state index in [1.807, 2.05) is 32.2 Å². The summed E-state index contributed by atoms with van der Waals surface area (Å²) in [5.41, 5.74) is 2.22. The lowest BCUT2D eigenvalue weighted by Gasteiger charge is -2.09. The fourth-order valence-electron chi connectivity index (χ4n) is 2.76. The van der Waals surface area contributed by atoms with Crippen molar-refractivity contribution in [1.29, 1.82) is 0 Å². The Morgan fingerprint density at radius 1 is 1.29 bits per heavy atom. The van der Waals surface area contributed by atoms with Gasteiger partial charge in [-0.25, -0.2) is 4.98 Å². The van der Waals surface area contributed by atoms with Crippen LogP contribution in [0.25, 0.3) is 11.3 Å². The lowest BCUT2D eigenvalue weighted by Crippen LogP contribution is -2.11. The van der Waals surface area contributed by atoms with Gasteiger partial charge in [0.15, 0.2) is 0 Å². The van der Waals surface area contributed by atoms with Crippen LogP contribution in [0, 0.1) is 5.92 Å². The summed E-state index contributed by atoms with van der Waals surface area (Å²) in [6.45, 7) is 6.31. The molecule has 0 spiro atoms. The summed E-state index contributed by atoms with van der Waals surface area (Å²) >= 11 is 0. The molecule has 1 fully saturated rings. The molecule has 0 bridgehead atoms. The summed E-state index contributed by atoms with van der Waals surface area (Å²) in [5, 5.41) is 3.40. The smallest absolute Gasteiger partial charge is 0.119 e. The summed E-state index contributed by atoms with van der Waals surface area (Å²) in [5.74, 6) is 2.71. The molecule has 21 heavy (non-hydrogen) atoms. The molecule has 1 saturated heterocycles. The molecule has 4 heteroatoms. The number of hydrogen-bond acceptors (Lipinski definition) is 3. The largest absolute Gasteiger partial charge is 0.491 e. The van der Waals surface area contributed by atoms with E-state index in [0.29, 0.717) is 5.92 Å². The monoisotopic (exact) mass is 285 g/mol. The average molecular weight is 285 g/mol. The molecule has 0 radical (unpaired) electrons. The van der Waals surface area contributed by atoms with Gasteiger partial charge in [0.25, 0.3) is 0 Å². The maximum Gasteiger partial charge on any atom is 0.119 e. The molecule has 0 saturated carbocycles. The minimum absolute atomic E-state index is 0.203. The highest BCUT2D eigenvalue weighted by molar-refractivity contribution is 5.59. The van der Waals surface area contributed by atoms with Crippen molar-refractivity contribution in [2.24, 2.45) is 5.92 Å². The number of hydrogen-bond donors (Lipinski definition) is 2. The van der Waals surface area contributed by atoms with Gasteiger partial charge in [-0.15, -0.1) is 0 Å². The molecule has 1 aromatic heterocycles. The van der Waals surface area contributed by atoms with Crippen LogP contribution in [-0.2, 0) is 6.42 Å². The summed E-state index contributed by atoms with van der Waals surface area (Å²) in [6, 6.07) is 8.17. The van der Waals surface area contributed by atoms with E-state index in [2.05, 4.69) is 27.4 Å². The molecular formula is C17H23N3O. The van der Waals surface area contributed by atoms with Gasteiger partial charge in [-0.05, 0) is 69.1 Å². The second kappa shape index (κ2) is 6.31. The lowest BCUT2D eigenvalue weighted by atomic mass is 10.1. The summed E-state index contributed by atoms with van der Waals surface area (Å²) < 4.78 is 5.67. The van der Waals surface area contributed by atoms with E-state index in [1.165, 1.54) is 6.42 Å². The van der Waals surface area contributed by atoms with Gasteiger partial charge >= 0.3 is 0 Å². The third-order valence-electron chi connectivity index (χ3n) is 3.81.